The zero-order valence-corrected chi connectivity index (χ0v) is 9.32. The van der Waals surface area contributed by atoms with Crippen molar-refractivity contribution in [3.05, 3.63) is 64.5 Å². The highest BCUT2D eigenvalue weighted by atomic mass is 16.4. The van der Waals surface area contributed by atoms with Crippen molar-refractivity contribution < 1.29 is 9.90 Å². The Morgan fingerprint density at radius 3 is 2.44 bits per heavy atom. The van der Waals surface area contributed by atoms with Crippen LogP contribution >= 0.6 is 0 Å². The van der Waals surface area contributed by atoms with Crippen LogP contribution in [-0.2, 0) is 0 Å². The van der Waals surface area contributed by atoms with Crippen molar-refractivity contribution in [3.63, 3.8) is 0 Å². The molecule has 2 aromatic carbocycles. The van der Waals surface area contributed by atoms with Gasteiger partial charge in [0.05, 0.1) is 5.56 Å². The highest BCUT2D eigenvalue weighted by Crippen LogP contribution is 2.33. The maximum atomic E-state index is 11.2. The molecule has 0 aliphatic heterocycles. The van der Waals surface area contributed by atoms with Gasteiger partial charge in [-0.05, 0) is 17.2 Å². The fraction of sp³-hybridized carbons (Fsp3) is 0. The van der Waals surface area contributed by atoms with Crippen molar-refractivity contribution in [3.8, 4) is 11.1 Å². The molecule has 0 amide bonds. The van der Waals surface area contributed by atoms with Crippen molar-refractivity contribution in [2.24, 2.45) is 5.11 Å². The van der Waals surface area contributed by atoms with Gasteiger partial charge in [0.1, 0.15) is 0 Å². The minimum atomic E-state index is -1.05. The Morgan fingerprint density at radius 2 is 1.83 bits per heavy atom. The number of nitrogens with zero attached hydrogens (tertiary/aromatic N) is 3. The van der Waals surface area contributed by atoms with Crippen LogP contribution in [0.1, 0.15) is 10.4 Å². The molecule has 0 radical (unpaired) electrons. The molecule has 0 heterocycles. The molecule has 0 fully saturated rings. The summed E-state index contributed by atoms with van der Waals surface area (Å²) in [4.78, 5) is 13.9. The highest BCUT2D eigenvalue weighted by molar-refractivity contribution is 5.99. The van der Waals surface area contributed by atoms with E-state index in [1.54, 1.807) is 36.4 Å². The number of aromatic carboxylic acids is 1. The van der Waals surface area contributed by atoms with E-state index in [0.717, 1.165) is 0 Å². The number of hydrogen-bond donors (Lipinski definition) is 1. The van der Waals surface area contributed by atoms with Crippen molar-refractivity contribution >= 4 is 11.7 Å². The minimum absolute atomic E-state index is 0.117. The van der Waals surface area contributed by atoms with Crippen molar-refractivity contribution in [2.45, 2.75) is 0 Å². The van der Waals surface area contributed by atoms with Gasteiger partial charge in [0.25, 0.3) is 0 Å². The molecule has 0 unspecified atom stereocenters. The molecule has 0 saturated carbocycles. The van der Waals surface area contributed by atoms with E-state index in [0.29, 0.717) is 16.8 Å². The molecule has 88 valence electrons. The molecule has 1 N–H and O–H groups in total. The van der Waals surface area contributed by atoms with Crippen molar-refractivity contribution in [1.82, 2.24) is 0 Å². The summed E-state index contributed by atoms with van der Waals surface area (Å²) in [6.45, 7) is 0. The molecule has 0 atom stereocenters. The maximum Gasteiger partial charge on any atom is 0.336 e. The van der Waals surface area contributed by atoms with Crippen LogP contribution in [0, 0.1) is 0 Å². The van der Waals surface area contributed by atoms with Gasteiger partial charge in [0.2, 0.25) is 0 Å². The van der Waals surface area contributed by atoms with E-state index in [-0.39, 0.29) is 5.56 Å². The summed E-state index contributed by atoms with van der Waals surface area (Å²) >= 11 is 0. The van der Waals surface area contributed by atoms with Crippen LogP contribution in [0.15, 0.2) is 53.6 Å². The fourth-order valence-corrected chi connectivity index (χ4v) is 1.76. The number of azide groups is 1. The van der Waals surface area contributed by atoms with Gasteiger partial charge < -0.3 is 5.11 Å². The standard InChI is InChI=1S/C13H9N3O2/c14-16-15-11-8-4-7-10(13(17)18)12(11)9-5-2-1-3-6-9/h1-8H,(H,17,18). The third-order valence-corrected chi connectivity index (χ3v) is 2.49. The van der Waals surface area contributed by atoms with Crippen molar-refractivity contribution in [1.29, 1.82) is 0 Å². The molecule has 2 aromatic rings. The number of benzene rings is 2. The third kappa shape index (κ3) is 2.16. The average molecular weight is 239 g/mol. The second-order valence-electron chi connectivity index (χ2n) is 3.56. The van der Waals surface area contributed by atoms with Crippen LogP contribution in [-0.4, -0.2) is 11.1 Å². The SMILES string of the molecule is [N-]=[N+]=Nc1cccc(C(=O)O)c1-c1ccccc1. The van der Waals surface area contributed by atoms with Gasteiger partial charge >= 0.3 is 5.97 Å². The summed E-state index contributed by atoms with van der Waals surface area (Å²) in [6, 6.07) is 13.6. The van der Waals surface area contributed by atoms with Crippen molar-refractivity contribution in [2.75, 3.05) is 0 Å². The van der Waals surface area contributed by atoms with Gasteiger partial charge in [0, 0.05) is 16.2 Å². The summed E-state index contributed by atoms with van der Waals surface area (Å²) in [5.74, 6) is -1.05. The summed E-state index contributed by atoms with van der Waals surface area (Å²) in [5.41, 5.74) is 10.1. The normalized spacial score (nSPS) is 9.56. The van der Waals surface area contributed by atoms with Gasteiger partial charge in [-0.2, -0.15) is 0 Å². The Morgan fingerprint density at radius 1 is 1.11 bits per heavy atom. The summed E-state index contributed by atoms with van der Waals surface area (Å²) in [5, 5.41) is 12.7. The molecule has 0 bridgehead atoms. The van der Waals surface area contributed by atoms with E-state index in [1.165, 1.54) is 6.07 Å². The van der Waals surface area contributed by atoms with Gasteiger partial charge in [0.15, 0.2) is 0 Å². The first-order valence-electron chi connectivity index (χ1n) is 5.21. The van der Waals surface area contributed by atoms with Crippen LogP contribution in [0.3, 0.4) is 0 Å². The van der Waals surface area contributed by atoms with Gasteiger partial charge in [-0.3, -0.25) is 0 Å². The largest absolute Gasteiger partial charge is 0.478 e. The molecule has 0 spiro atoms. The van der Waals surface area contributed by atoms with Gasteiger partial charge in [-0.25, -0.2) is 4.79 Å². The molecule has 0 saturated heterocycles. The fourth-order valence-electron chi connectivity index (χ4n) is 1.76. The molecule has 0 aromatic heterocycles. The molecule has 2 rings (SSSR count). The van der Waals surface area contributed by atoms with Gasteiger partial charge in [-0.1, -0.05) is 47.6 Å². The maximum absolute atomic E-state index is 11.2. The average Bonchev–Trinajstić information content (AvgIpc) is 2.40. The lowest BCUT2D eigenvalue weighted by Gasteiger charge is -2.09. The Kier molecular flexibility index (Phi) is 3.27. The molecule has 0 aliphatic carbocycles. The van der Waals surface area contributed by atoms with E-state index in [2.05, 4.69) is 10.0 Å². The number of carboxylic acids is 1. The van der Waals surface area contributed by atoms with Gasteiger partial charge in [-0.15, -0.1) is 0 Å². The Labute approximate surface area is 103 Å². The van der Waals surface area contributed by atoms with Crippen LogP contribution < -0.4 is 0 Å². The molecule has 5 heteroatoms. The van der Waals surface area contributed by atoms with E-state index in [1.807, 2.05) is 6.07 Å². The lowest BCUT2D eigenvalue weighted by Crippen LogP contribution is -1.99. The minimum Gasteiger partial charge on any atom is -0.478 e. The summed E-state index contributed by atoms with van der Waals surface area (Å²) in [6.07, 6.45) is 0. The van der Waals surface area contributed by atoms with Crippen LogP contribution in [0.25, 0.3) is 21.6 Å². The van der Waals surface area contributed by atoms with Crippen LogP contribution in [0.4, 0.5) is 5.69 Å². The topological polar surface area (TPSA) is 86.1 Å². The highest BCUT2D eigenvalue weighted by Gasteiger charge is 2.14. The number of carbonyl (C=O) groups is 1. The first-order valence-corrected chi connectivity index (χ1v) is 5.21. The Bertz CT molecular complexity index is 612. The quantitative estimate of drug-likeness (QED) is 0.498. The van der Waals surface area contributed by atoms with E-state index in [9.17, 15) is 9.90 Å². The molecule has 5 nitrogen and oxygen atoms in total. The molecule has 18 heavy (non-hydrogen) atoms. The zero-order chi connectivity index (χ0) is 13.0. The van der Waals surface area contributed by atoms with E-state index >= 15 is 0 Å². The first kappa shape index (κ1) is 11.7. The Balaban J connectivity index is 2.76. The predicted octanol–water partition coefficient (Wildman–Crippen LogP) is 3.99. The van der Waals surface area contributed by atoms with Crippen LogP contribution in [0.2, 0.25) is 0 Å². The van der Waals surface area contributed by atoms with E-state index < -0.39 is 5.97 Å². The number of rotatable bonds is 3. The number of carboxylic acid groups (broad SMARTS) is 1. The van der Waals surface area contributed by atoms with Crippen LogP contribution in [0.5, 0.6) is 0 Å². The molecular formula is C13H9N3O2. The smallest absolute Gasteiger partial charge is 0.336 e. The summed E-state index contributed by atoms with van der Waals surface area (Å²) < 4.78 is 0. The number of hydrogen-bond acceptors (Lipinski definition) is 2. The third-order valence-electron chi connectivity index (χ3n) is 2.49. The summed E-state index contributed by atoms with van der Waals surface area (Å²) in [7, 11) is 0. The first-order chi connectivity index (χ1) is 8.74. The predicted molar refractivity (Wildman–Crippen MR) is 67.6 cm³/mol. The Hall–Kier alpha value is -2.78. The second-order valence-corrected chi connectivity index (χ2v) is 3.56. The monoisotopic (exact) mass is 239 g/mol. The molecular weight excluding hydrogens is 230 g/mol. The van der Waals surface area contributed by atoms with E-state index in [4.69, 9.17) is 5.53 Å². The molecule has 0 aliphatic rings. The lowest BCUT2D eigenvalue weighted by atomic mass is 9.98. The lowest BCUT2D eigenvalue weighted by molar-refractivity contribution is 0.0698. The second kappa shape index (κ2) is 5.03. The zero-order valence-electron chi connectivity index (χ0n) is 9.32.